The van der Waals surface area contributed by atoms with E-state index in [4.69, 9.17) is 0 Å². The number of urea groups is 1. The van der Waals surface area contributed by atoms with Gasteiger partial charge in [-0.1, -0.05) is 0 Å². The standard InChI is InChI=1S/C14H13N11O/c1-9(11-18-7-21-25(11)12-15-4-2-5-16-12)22-14(26)23-10-3-6-17-13-19-8-20-24(10)13/h2-9H,1H3,(H2,22,23,26). The summed E-state index contributed by atoms with van der Waals surface area (Å²) in [6, 6.07) is 2.43. The predicted molar refractivity (Wildman–Crippen MR) is 88.3 cm³/mol. The first-order chi connectivity index (χ1) is 12.7. The second kappa shape index (κ2) is 6.51. The first kappa shape index (κ1) is 15.6. The van der Waals surface area contributed by atoms with Crippen LogP contribution in [0.15, 0.2) is 43.4 Å². The summed E-state index contributed by atoms with van der Waals surface area (Å²) in [5.74, 6) is 1.68. The van der Waals surface area contributed by atoms with E-state index in [-0.39, 0.29) is 0 Å². The summed E-state index contributed by atoms with van der Waals surface area (Å²) in [4.78, 5) is 32.8. The van der Waals surface area contributed by atoms with E-state index in [9.17, 15) is 4.79 Å². The summed E-state index contributed by atoms with van der Waals surface area (Å²) in [6.07, 6.45) is 7.48. The minimum Gasteiger partial charge on any atom is -0.328 e. The highest BCUT2D eigenvalue weighted by Crippen LogP contribution is 2.12. The number of aromatic nitrogens is 9. The second-order valence-corrected chi connectivity index (χ2v) is 5.20. The molecule has 2 N–H and O–H groups in total. The highest BCUT2D eigenvalue weighted by Gasteiger charge is 2.18. The topological polar surface area (TPSA) is 141 Å². The third kappa shape index (κ3) is 2.90. The van der Waals surface area contributed by atoms with E-state index in [1.807, 2.05) is 0 Å². The maximum Gasteiger partial charge on any atom is 0.320 e. The SMILES string of the molecule is CC(NC(=O)Nc1ccnc2ncnn12)c1ncnn1-c1ncccn1. The fourth-order valence-corrected chi connectivity index (χ4v) is 2.35. The van der Waals surface area contributed by atoms with Gasteiger partial charge in [0.25, 0.3) is 11.7 Å². The molecule has 0 bridgehead atoms. The Labute approximate surface area is 146 Å². The minimum atomic E-state index is -0.450. The summed E-state index contributed by atoms with van der Waals surface area (Å²) in [5.41, 5.74) is 0. The van der Waals surface area contributed by atoms with Gasteiger partial charge in [0.1, 0.15) is 18.5 Å². The Kier molecular flexibility index (Phi) is 3.89. The van der Waals surface area contributed by atoms with Crippen LogP contribution >= 0.6 is 0 Å². The van der Waals surface area contributed by atoms with Crippen molar-refractivity contribution in [1.82, 2.24) is 49.6 Å². The average molecular weight is 351 g/mol. The lowest BCUT2D eigenvalue weighted by Crippen LogP contribution is -2.33. The number of hydrogen-bond donors (Lipinski definition) is 2. The molecule has 4 aromatic rings. The molecule has 0 aliphatic carbocycles. The molecule has 12 nitrogen and oxygen atoms in total. The van der Waals surface area contributed by atoms with Crippen molar-refractivity contribution in [2.24, 2.45) is 0 Å². The number of carbonyl (C=O) groups excluding carboxylic acids is 1. The van der Waals surface area contributed by atoms with E-state index in [1.54, 1.807) is 31.5 Å². The van der Waals surface area contributed by atoms with Crippen molar-refractivity contribution in [3.05, 3.63) is 49.2 Å². The van der Waals surface area contributed by atoms with Gasteiger partial charge in [-0.2, -0.15) is 24.4 Å². The van der Waals surface area contributed by atoms with E-state index in [1.165, 1.54) is 28.0 Å². The van der Waals surface area contributed by atoms with Crippen molar-refractivity contribution in [3.8, 4) is 5.95 Å². The number of nitrogens with one attached hydrogen (secondary N) is 2. The van der Waals surface area contributed by atoms with Gasteiger partial charge in [-0.15, -0.1) is 0 Å². The van der Waals surface area contributed by atoms with Gasteiger partial charge >= 0.3 is 6.03 Å². The number of hydrogen-bond acceptors (Lipinski definition) is 8. The highest BCUT2D eigenvalue weighted by molar-refractivity contribution is 5.88. The van der Waals surface area contributed by atoms with Crippen molar-refractivity contribution in [2.45, 2.75) is 13.0 Å². The Morgan fingerprint density at radius 3 is 2.69 bits per heavy atom. The lowest BCUT2D eigenvalue weighted by Gasteiger charge is -2.14. The van der Waals surface area contributed by atoms with Crippen molar-refractivity contribution >= 4 is 17.6 Å². The van der Waals surface area contributed by atoms with Crippen molar-refractivity contribution in [1.29, 1.82) is 0 Å². The number of amides is 2. The van der Waals surface area contributed by atoms with Crippen LogP contribution in [0.1, 0.15) is 18.8 Å². The van der Waals surface area contributed by atoms with Crippen LogP contribution in [0.5, 0.6) is 0 Å². The van der Waals surface area contributed by atoms with Gasteiger partial charge in [-0.05, 0) is 19.1 Å². The normalized spacial score (nSPS) is 12.0. The van der Waals surface area contributed by atoms with Crippen LogP contribution in [0, 0.1) is 0 Å². The Balaban J connectivity index is 1.50. The number of nitrogens with zero attached hydrogens (tertiary/aromatic N) is 9. The zero-order valence-corrected chi connectivity index (χ0v) is 13.6. The molecule has 1 atom stereocenters. The Bertz CT molecular complexity index is 1040. The van der Waals surface area contributed by atoms with Crippen LogP contribution in [0.2, 0.25) is 0 Å². The summed E-state index contributed by atoms with van der Waals surface area (Å²) < 4.78 is 2.89. The first-order valence-corrected chi connectivity index (χ1v) is 7.62. The Morgan fingerprint density at radius 2 is 1.85 bits per heavy atom. The van der Waals surface area contributed by atoms with Crippen molar-refractivity contribution in [2.75, 3.05) is 5.32 Å². The van der Waals surface area contributed by atoms with E-state index in [2.05, 4.69) is 45.8 Å². The molecule has 4 heterocycles. The fraction of sp³-hybridized carbons (Fsp3) is 0.143. The van der Waals surface area contributed by atoms with Crippen LogP contribution in [0.25, 0.3) is 11.7 Å². The summed E-state index contributed by atoms with van der Waals surface area (Å²) in [6.45, 7) is 1.78. The second-order valence-electron chi connectivity index (χ2n) is 5.20. The van der Waals surface area contributed by atoms with Crippen molar-refractivity contribution < 1.29 is 4.79 Å². The Hall–Kier alpha value is -3.96. The number of anilines is 1. The van der Waals surface area contributed by atoms with E-state index in [0.717, 1.165) is 0 Å². The lowest BCUT2D eigenvalue weighted by molar-refractivity contribution is 0.248. The molecule has 0 aromatic carbocycles. The predicted octanol–water partition coefficient (Wildman–Crippen LogP) is 0.378. The molecule has 0 aliphatic heterocycles. The number of rotatable bonds is 4. The molecule has 0 radical (unpaired) electrons. The van der Waals surface area contributed by atoms with Gasteiger partial charge < -0.3 is 5.32 Å². The molecule has 0 saturated heterocycles. The lowest BCUT2D eigenvalue weighted by atomic mass is 10.3. The highest BCUT2D eigenvalue weighted by atomic mass is 16.2. The van der Waals surface area contributed by atoms with Crippen LogP contribution in [0.3, 0.4) is 0 Å². The molecule has 0 fully saturated rings. The van der Waals surface area contributed by atoms with Gasteiger partial charge in [-0.3, -0.25) is 5.32 Å². The van der Waals surface area contributed by atoms with E-state index < -0.39 is 12.1 Å². The zero-order chi connectivity index (χ0) is 17.9. The molecular weight excluding hydrogens is 338 g/mol. The van der Waals surface area contributed by atoms with E-state index >= 15 is 0 Å². The molecule has 0 aliphatic rings. The number of fused-ring (bicyclic) bond motifs is 1. The fourth-order valence-electron chi connectivity index (χ4n) is 2.35. The third-order valence-corrected chi connectivity index (χ3v) is 3.47. The molecule has 0 saturated carbocycles. The van der Waals surface area contributed by atoms with Gasteiger partial charge in [0.05, 0.1) is 6.04 Å². The third-order valence-electron chi connectivity index (χ3n) is 3.47. The Morgan fingerprint density at radius 1 is 1.04 bits per heavy atom. The smallest absolute Gasteiger partial charge is 0.320 e. The average Bonchev–Trinajstić information content (AvgIpc) is 3.32. The van der Waals surface area contributed by atoms with Crippen molar-refractivity contribution in [3.63, 3.8) is 0 Å². The largest absolute Gasteiger partial charge is 0.328 e. The maximum atomic E-state index is 12.3. The monoisotopic (exact) mass is 351 g/mol. The van der Waals surface area contributed by atoms with Crippen LogP contribution in [-0.4, -0.2) is 50.3 Å². The zero-order valence-electron chi connectivity index (χ0n) is 13.6. The molecule has 4 aromatic heterocycles. The quantitative estimate of drug-likeness (QED) is 0.537. The van der Waals surface area contributed by atoms with Gasteiger partial charge in [0.15, 0.2) is 5.82 Å². The maximum absolute atomic E-state index is 12.3. The van der Waals surface area contributed by atoms with Crippen LogP contribution < -0.4 is 10.6 Å². The molecular formula is C14H13N11O. The molecule has 0 spiro atoms. The van der Waals surface area contributed by atoms with Crippen LogP contribution in [-0.2, 0) is 0 Å². The van der Waals surface area contributed by atoms with Crippen LogP contribution in [0.4, 0.5) is 10.6 Å². The molecule has 4 rings (SSSR count). The molecule has 130 valence electrons. The summed E-state index contributed by atoms with van der Waals surface area (Å²) in [5, 5.41) is 13.6. The first-order valence-electron chi connectivity index (χ1n) is 7.62. The van der Waals surface area contributed by atoms with E-state index in [0.29, 0.717) is 23.4 Å². The molecule has 26 heavy (non-hydrogen) atoms. The van der Waals surface area contributed by atoms with Gasteiger partial charge in [0, 0.05) is 18.6 Å². The minimum absolute atomic E-state index is 0.368. The van der Waals surface area contributed by atoms with Gasteiger partial charge in [0.2, 0.25) is 0 Å². The number of carbonyl (C=O) groups is 1. The summed E-state index contributed by atoms with van der Waals surface area (Å²) in [7, 11) is 0. The molecule has 1 unspecified atom stereocenters. The summed E-state index contributed by atoms with van der Waals surface area (Å²) >= 11 is 0. The molecule has 2 amide bonds. The molecule has 12 heteroatoms. The van der Waals surface area contributed by atoms with Gasteiger partial charge in [-0.25, -0.2) is 24.7 Å².